The normalized spacial score (nSPS) is 13.2. The molecule has 0 spiro atoms. The van der Waals surface area contributed by atoms with Crippen LogP contribution in [0.4, 0.5) is 0 Å². The van der Waals surface area contributed by atoms with E-state index in [1.807, 2.05) is 0 Å². The summed E-state index contributed by atoms with van der Waals surface area (Å²) in [5, 5.41) is 17.9. The van der Waals surface area contributed by atoms with Gasteiger partial charge in [-0.25, -0.2) is 0 Å². The molecular formula is C3H4BaO7P-. The Kier molecular flexibility index (Phi) is 8.50. The molecule has 1 atom stereocenters. The van der Waals surface area contributed by atoms with Crippen LogP contribution in [0.1, 0.15) is 0 Å². The molecule has 0 radical (unpaired) electrons. The standard InChI is InChI=1S/C3H7O7P.Ba/c4-1-2(3(5)6)10-11(7,8)9;/h2,4H,1H2,(H,5,6)(H2,7,8,9);/q;+2/p-3. The molecule has 12 heavy (non-hydrogen) atoms. The van der Waals surface area contributed by atoms with Crippen molar-refractivity contribution in [2.24, 2.45) is 0 Å². The Morgan fingerprint density at radius 2 is 2.00 bits per heavy atom. The molecule has 0 fully saturated rings. The largest absolute Gasteiger partial charge is 2.00 e. The molecule has 0 saturated heterocycles. The molecule has 0 bridgehead atoms. The molecule has 0 aliphatic rings. The maximum absolute atomic E-state index is 9.81. The van der Waals surface area contributed by atoms with Crippen LogP contribution in [0, 0.1) is 0 Å². The van der Waals surface area contributed by atoms with Crippen molar-refractivity contribution >= 4 is 62.7 Å². The number of carboxylic acids is 1. The molecule has 0 aromatic heterocycles. The molecule has 7 nitrogen and oxygen atoms in total. The van der Waals surface area contributed by atoms with Crippen molar-refractivity contribution in [3.05, 3.63) is 0 Å². The van der Waals surface area contributed by atoms with Crippen molar-refractivity contribution < 1.29 is 33.9 Å². The second kappa shape index (κ2) is 6.55. The predicted octanol–water partition coefficient (Wildman–Crippen LogP) is -4.44. The third-order valence-electron chi connectivity index (χ3n) is 0.685. The predicted molar refractivity (Wildman–Crippen MR) is 30.3 cm³/mol. The van der Waals surface area contributed by atoms with E-state index in [4.69, 9.17) is 5.11 Å². The topological polar surface area (TPSA) is 133 Å². The third-order valence-corrected chi connectivity index (χ3v) is 1.20. The third kappa shape index (κ3) is 7.74. The van der Waals surface area contributed by atoms with Crippen molar-refractivity contribution in [1.29, 1.82) is 0 Å². The molecule has 1 N–H and O–H groups in total. The number of aliphatic hydroxyl groups excluding tert-OH is 1. The Hall–Kier alpha value is 1.11. The SMILES string of the molecule is O=C([O-])C(CO)OP(=O)([O-])[O-].[Ba+2]. The summed E-state index contributed by atoms with van der Waals surface area (Å²) in [6.07, 6.45) is -2.11. The van der Waals surface area contributed by atoms with Crippen LogP contribution in [0.2, 0.25) is 0 Å². The molecule has 0 aliphatic heterocycles. The van der Waals surface area contributed by atoms with Gasteiger partial charge in [-0.2, -0.15) is 0 Å². The van der Waals surface area contributed by atoms with Crippen molar-refractivity contribution in [1.82, 2.24) is 0 Å². The van der Waals surface area contributed by atoms with Crippen LogP contribution in [0.5, 0.6) is 0 Å². The van der Waals surface area contributed by atoms with Crippen LogP contribution in [0.3, 0.4) is 0 Å². The molecule has 66 valence electrons. The van der Waals surface area contributed by atoms with Gasteiger partial charge in [0.05, 0.1) is 20.4 Å². The van der Waals surface area contributed by atoms with Crippen molar-refractivity contribution in [2.45, 2.75) is 6.10 Å². The Morgan fingerprint density at radius 3 is 2.08 bits per heavy atom. The average Bonchev–Trinajstić information content (AvgIpc) is 1.80. The first-order valence-electron chi connectivity index (χ1n) is 2.39. The van der Waals surface area contributed by atoms with E-state index in [1.54, 1.807) is 0 Å². The summed E-state index contributed by atoms with van der Waals surface area (Å²) in [4.78, 5) is 29.3. The molecule has 9 heteroatoms. The van der Waals surface area contributed by atoms with Gasteiger partial charge >= 0.3 is 48.9 Å². The van der Waals surface area contributed by atoms with Crippen LogP contribution in [0.25, 0.3) is 0 Å². The van der Waals surface area contributed by atoms with Crippen molar-refractivity contribution in [3.63, 3.8) is 0 Å². The van der Waals surface area contributed by atoms with E-state index in [-0.39, 0.29) is 48.9 Å². The van der Waals surface area contributed by atoms with Gasteiger partial charge in [0.15, 0.2) is 0 Å². The fourth-order valence-electron chi connectivity index (χ4n) is 0.307. The minimum Gasteiger partial charge on any atom is -0.790 e. The summed E-state index contributed by atoms with van der Waals surface area (Å²) < 4.78 is 13.1. The van der Waals surface area contributed by atoms with Crippen LogP contribution in [-0.4, -0.2) is 72.7 Å². The number of hydrogen-bond acceptors (Lipinski definition) is 7. The summed E-state index contributed by atoms with van der Waals surface area (Å²) in [5.74, 6) is -1.96. The average molecular weight is 320 g/mol. The van der Waals surface area contributed by atoms with Gasteiger partial charge in [-0.1, -0.05) is 0 Å². The minimum atomic E-state index is -5.37. The zero-order chi connectivity index (χ0) is 9.07. The van der Waals surface area contributed by atoms with Crippen LogP contribution >= 0.6 is 7.82 Å². The summed E-state index contributed by atoms with van der Waals surface area (Å²) in [5.41, 5.74) is 0. The number of aliphatic hydroxyl groups is 1. The summed E-state index contributed by atoms with van der Waals surface area (Å²) in [7, 11) is -5.37. The first-order chi connectivity index (χ1) is 4.87. The quantitative estimate of drug-likeness (QED) is 0.408. The van der Waals surface area contributed by atoms with Gasteiger partial charge in [0.1, 0.15) is 6.10 Å². The zero-order valence-electron chi connectivity index (χ0n) is 5.84. The van der Waals surface area contributed by atoms with Gasteiger partial charge in [-0.15, -0.1) is 0 Å². The van der Waals surface area contributed by atoms with Crippen LogP contribution in [-0.2, 0) is 13.9 Å². The maximum atomic E-state index is 9.81. The van der Waals surface area contributed by atoms with Crippen LogP contribution < -0.4 is 14.9 Å². The second-order valence-corrected chi connectivity index (χ2v) is 2.65. The van der Waals surface area contributed by atoms with E-state index in [0.29, 0.717) is 0 Å². The fourth-order valence-corrected chi connectivity index (χ4v) is 0.771. The van der Waals surface area contributed by atoms with Crippen molar-refractivity contribution in [2.75, 3.05) is 6.61 Å². The molecule has 0 aliphatic carbocycles. The minimum absolute atomic E-state index is 0. The van der Waals surface area contributed by atoms with Crippen LogP contribution in [0.15, 0.2) is 0 Å². The number of carboxylic acid groups (broad SMARTS) is 1. The van der Waals surface area contributed by atoms with E-state index in [2.05, 4.69) is 4.52 Å². The Morgan fingerprint density at radius 1 is 1.58 bits per heavy atom. The zero-order valence-corrected chi connectivity index (χ0v) is 11.2. The Labute approximate surface area is 108 Å². The van der Waals surface area contributed by atoms with E-state index >= 15 is 0 Å². The van der Waals surface area contributed by atoms with E-state index in [0.717, 1.165) is 0 Å². The number of phosphoric acid groups is 1. The number of carbonyl (C=O) groups is 1. The van der Waals surface area contributed by atoms with E-state index < -0.39 is 26.5 Å². The number of rotatable bonds is 4. The summed E-state index contributed by atoms with van der Waals surface area (Å²) in [6, 6.07) is 0. The van der Waals surface area contributed by atoms with E-state index in [1.165, 1.54) is 0 Å². The van der Waals surface area contributed by atoms with Gasteiger partial charge in [-0.3, -0.25) is 0 Å². The summed E-state index contributed by atoms with van der Waals surface area (Å²) >= 11 is 0. The molecule has 0 saturated carbocycles. The first kappa shape index (κ1) is 15.6. The number of phosphoric ester groups is 1. The van der Waals surface area contributed by atoms with Gasteiger partial charge in [0.2, 0.25) is 0 Å². The fraction of sp³-hybridized carbons (Fsp3) is 0.667. The van der Waals surface area contributed by atoms with Gasteiger partial charge in [0.25, 0.3) is 0 Å². The molecule has 1 unspecified atom stereocenters. The first-order valence-corrected chi connectivity index (χ1v) is 3.85. The molecule has 0 rings (SSSR count). The van der Waals surface area contributed by atoms with Gasteiger partial charge < -0.3 is 33.9 Å². The number of hydrogen-bond donors (Lipinski definition) is 1. The van der Waals surface area contributed by atoms with E-state index in [9.17, 15) is 24.3 Å². The molecule has 0 aromatic carbocycles. The second-order valence-electron chi connectivity index (χ2n) is 1.54. The molecular weight excluding hydrogens is 316 g/mol. The number of carbonyl (C=O) groups excluding carboxylic acids is 1. The van der Waals surface area contributed by atoms with Gasteiger partial charge in [-0.05, 0) is 0 Å². The Bertz CT molecular complexity index is 187. The molecule has 0 aromatic rings. The monoisotopic (exact) mass is 321 g/mol. The maximum Gasteiger partial charge on any atom is 2.00 e. The van der Waals surface area contributed by atoms with Gasteiger partial charge in [0, 0.05) is 0 Å². The smallest absolute Gasteiger partial charge is 0.790 e. The Balaban J connectivity index is 0. The molecule has 0 amide bonds. The van der Waals surface area contributed by atoms with Crippen molar-refractivity contribution in [3.8, 4) is 0 Å². The summed E-state index contributed by atoms with van der Waals surface area (Å²) in [6.45, 7) is -1.13. The number of aliphatic carboxylic acids is 1. The molecule has 0 heterocycles.